The summed E-state index contributed by atoms with van der Waals surface area (Å²) in [6.45, 7) is 2.83. The first kappa shape index (κ1) is 32.5. The van der Waals surface area contributed by atoms with Crippen molar-refractivity contribution in [2.24, 2.45) is 0 Å². The Bertz CT molecular complexity index is 964. The first-order chi connectivity index (χ1) is 18.4. The molecule has 0 amide bonds. The highest BCUT2D eigenvalue weighted by Gasteiger charge is 2.27. The van der Waals surface area contributed by atoms with E-state index in [-0.39, 0.29) is 71.5 Å². The van der Waals surface area contributed by atoms with Crippen molar-refractivity contribution < 1.29 is 39.9 Å². The quantitative estimate of drug-likeness (QED) is 0.143. The van der Waals surface area contributed by atoms with Crippen molar-refractivity contribution in [1.29, 1.82) is 0 Å². The Morgan fingerprint density at radius 2 is 1.31 bits per heavy atom. The number of rotatable bonds is 11. The SMILES string of the molecule is CC(=S)Nc1ccc(CC2CN(CC(=O)O)CCN(CC(=O)O)CCN(CC(=O)O)CCN2CC(O)O)cc1. The highest BCUT2D eigenvalue weighted by atomic mass is 32.1. The van der Waals surface area contributed by atoms with Crippen LogP contribution in [0.4, 0.5) is 5.69 Å². The topological polar surface area (TPSA) is 177 Å². The third-order valence-electron chi connectivity index (χ3n) is 6.37. The van der Waals surface area contributed by atoms with Gasteiger partial charge in [0.25, 0.3) is 0 Å². The van der Waals surface area contributed by atoms with Crippen molar-refractivity contribution in [2.75, 3.05) is 77.3 Å². The van der Waals surface area contributed by atoms with E-state index in [1.807, 2.05) is 29.2 Å². The Morgan fingerprint density at radius 3 is 1.77 bits per heavy atom. The molecule has 1 saturated heterocycles. The molecule has 1 aliphatic rings. The maximum atomic E-state index is 11.7. The predicted octanol–water partition coefficient (Wildman–Crippen LogP) is -0.857. The van der Waals surface area contributed by atoms with Gasteiger partial charge in [0, 0.05) is 64.1 Å². The van der Waals surface area contributed by atoms with Gasteiger partial charge in [0.1, 0.15) is 0 Å². The molecule has 0 aliphatic carbocycles. The first-order valence-electron chi connectivity index (χ1n) is 12.7. The van der Waals surface area contributed by atoms with Crippen molar-refractivity contribution >= 4 is 40.8 Å². The Labute approximate surface area is 233 Å². The van der Waals surface area contributed by atoms with Crippen LogP contribution in [0.5, 0.6) is 0 Å². The molecule has 1 heterocycles. The van der Waals surface area contributed by atoms with Gasteiger partial charge in [-0.05, 0) is 31.0 Å². The molecule has 39 heavy (non-hydrogen) atoms. The van der Waals surface area contributed by atoms with Gasteiger partial charge >= 0.3 is 17.9 Å². The number of carboxylic acids is 3. The molecule has 0 aromatic heterocycles. The number of hydrogen-bond acceptors (Lipinski definition) is 10. The lowest BCUT2D eigenvalue weighted by atomic mass is 10.0. The van der Waals surface area contributed by atoms with Crippen LogP contribution < -0.4 is 5.32 Å². The molecule has 1 aromatic carbocycles. The fourth-order valence-electron chi connectivity index (χ4n) is 4.62. The van der Waals surface area contributed by atoms with Gasteiger partial charge in [0.2, 0.25) is 0 Å². The molecular weight excluding hydrogens is 530 g/mol. The van der Waals surface area contributed by atoms with Crippen LogP contribution in [-0.4, -0.2) is 152 Å². The zero-order valence-electron chi connectivity index (χ0n) is 22.1. The molecule has 0 radical (unpaired) electrons. The van der Waals surface area contributed by atoms with Gasteiger partial charge in [-0.1, -0.05) is 24.4 Å². The summed E-state index contributed by atoms with van der Waals surface area (Å²) in [6, 6.07) is 7.23. The maximum absolute atomic E-state index is 11.7. The number of aliphatic hydroxyl groups excluding tert-OH is 1. The smallest absolute Gasteiger partial charge is 0.317 e. The van der Waals surface area contributed by atoms with Gasteiger partial charge < -0.3 is 30.8 Å². The molecule has 0 bridgehead atoms. The molecule has 14 heteroatoms. The molecule has 218 valence electrons. The van der Waals surface area contributed by atoms with Crippen molar-refractivity contribution in [2.45, 2.75) is 25.7 Å². The predicted molar refractivity (Wildman–Crippen MR) is 148 cm³/mol. The van der Waals surface area contributed by atoms with E-state index in [2.05, 4.69) is 5.32 Å². The van der Waals surface area contributed by atoms with E-state index in [4.69, 9.17) is 12.2 Å². The van der Waals surface area contributed by atoms with E-state index >= 15 is 0 Å². The lowest BCUT2D eigenvalue weighted by Crippen LogP contribution is -2.53. The molecule has 2 rings (SSSR count). The average molecular weight is 570 g/mol. The normalized spacial score (nSPS) is 19.2. The summed E-state index contributed by atoms with van der Waals surface area (Å²) in [5, 5.41) is 51.1. The van der Waals surface area contributed by atoms with E-state index in [9.17, 15) is 39.9 Å². The number of thiocarbonyl (C=S) groups is 1. The number of carbonyl (C=O) groups is 3. The van der Waals surface area contributed by atoms with E-state index < -0.39 is 24.2 Å². The number of carboxylic acid groups (broad SMARTS) is 3. The van der Waals surface area contributed by atoms with Crippen molar-refractivity contribution in [3.05, 3.63) is 29.8 Å². The maximum Gasteiger partial charge on any atom is 0.317 e. The highest BCUT2D eigenvalue weighted by Crippen LogP contribution is 2.16. The number of anilines is 1. The monoisotopic (exact) mass is 569 g/mol. The van der Waals surface area contributed by atoms with E-state index in [0.717, 1.165) is 11.3 Å². The number of nitrogens with zero attached hydrogens (tertiary/aromatic N) is 4. The Morgan fingerprint density at radius 1 is 0.846 bits per heavy atom. The van der Waals surface area contributed by atoms with Crippen LogP contribution in [0.25, 0.3) is 0 Å². The number of aliphatic carboxylic acids is 3. The summed E-state index contributed by atoms with van der Waals surface area (Å²) >= 11 is 5.09. The standard InChI is InChI=1S/C25H39N5O8S/c1-18(39)26-20-4-2-19(3-5-20)12-21-13-29(16-24(35)36)9-8-27(14-22(31)32)6-7-28(15-23(33)34)10-11-30(21)17-25(37)38/h2-5,21,25,37-38H,6-17H2,1H3,(H,26,39)(H,31,32)(H,33,34)(H,35,36). The largest absolute Gasteiger partial charge is 0.480 e. The van der Waals surface area contributed by atoms with E-state index in [1.165, 1.54) is 0 Å². The summed E-state index contributed by atoms with van der Waals surface area (Å²) in [4.78, 5) is 42.1. The van der Waals surface area contributed by atoms with Gasteiger partial charge in [-0.2, -0.15) is 0 Å². The number of hydrogen-bond donors (Lipinski definition) is 6. The highest BCUT2D eigenvalue weighted by molar-refractivity contribution is 7.80. The molecule has 13 nitrogen and oxygen atoms in total. The van der Waals surface area contributed by atoms with E-state index in [0.29, 0.717) is 18.0 Å². The van der Waals surface area contributed by atoms with Gasteiger partial charge in [-0.3, -0.25) is 34.0 Å². The third-order valence-corrected chi connectivity index (χ3v) is 6.48. The number of nitrogens with one attached hydrogen (secondary N) is 1. The molecular formula is C25H39N5O8S. The fraction of sp³-hybridized carbons (Fsp3) is 0.600. The number of aliphatic hydroxyl groups is 2. The lowest BCUT2D eigenvalue weighted by Gasteiger charge is -2.38. The molecule has 1 aliphatic heterocycles. The first-order valence-corrected chi connectivity index (χ1v) is 13.1. The summed E-state index contributed by atoms with van der Waals surface area (Å²) in [7, 11) is 0. The summed E-state index contributed by atoms with van der Waals surface area (Å²) in [5.74, 6) is -3.08. The van der Waals surface area contributed by atoms with Gasteiger partial charge in [-0.25, -0.2) is 0 Å². The van der Waals surface area contributed by atoms with Crippen molar-refractivity contribution in [1.82, 2.24) is 19.6 Å². The molecule has 1 aromatic rings. The van der Waals surface area contributed by atoms with E-state index in [1.54, 1.807) is 21.6 Å². The Kier molecular flexibility index (Phi) is 13.7. The molecule has 0 spiro atoms. The second-order valence-electron chi connectivity index (χ2n) is 9.68. The van der Waals surface area contributed by atoms with Gasteiger partial charge in [-0.15, -0.1) is 0 Å². The fourth-order valence-corrected chi connectivity index (χ4v) is 4.74. The van der Waals surface area contributed by atoms with Crippen LogP contribution >= 0.6 is 12.2 Å². The zero-order chi connectivity index (χ0) is 28.9. The van der Waals surface area contributed by atoms with Crippen LogP contribution in [0.1, 0.15) is 12.5 Å². The van der Waals surface area contributed by atoms with Crippen LogP contribution in [-0.2, 0) is 20.8 Å². The molecule has 6 N–H and O–H groups in total. The minimum atomic E-state index is -1.65. The molecule has 1 fully saturated rings. The molecule has 0 saturated carbocycles. The average Bonchev–Trinajstić information content (AvgIpc) is 2.81. The summed E-state index contributed by atoms with van der Waals surface area (Å²) in [6.07, 6.45) is -1.19. The zero-order valence-corrected chi connectivity index (χ0v) is 22.9. The van der Waals surface area contributed by atoms with Gasteiger partial charge in [0.15, 0.2) is 6.29 Å². The minimum absolute atomic E-state index is 0.110. The summed E-state index contributed by atoms with van der Waals surface area (Å²) < 4.78 is 0. The second kappa shape index (κ2) is 16.4. The van der Waals surface area contributed by atoms with Gasteiger partial charge in [0.05, 0.1) is 24.6 Å². The van der Waals surface area contributed by atoms with Crippen molar-refractivity contribution in [3.8, 4) is 0 Å². The van der Waals surface area contributed by atoms with Crippen LogP contribution in [0.2, 0.25) is 0 Å². The Balaban J connectivity index is 2.38. The Hall–Kier alpha value is -2.72. The van der Waals surface area contributed by atoms with Crippen LogP contribution in [0.15, 0.2) is 24.3 Å². The molecule has 1 atom stereocenters. The second-order valence-corrected chi connectivity index (χ2v) is 10.3. The molecule has 1 unspecified atom stereocenters. The van der Waals surface area contributed by atoms with Crippen molar-refractivity contribution in [3.63, 3.8) is 0 Å². The number of benzene rings is 1. The lowest BCUT2D eigenvalue weighted by molar-refractivity contribution is -0.141. The minimum Gasteiger partial charge on any atom is -0.480 e. The van der Waals surface area contributed by atoms with Crippen LogP contribution in [0, 0.1) is 0 Å². The number of β-amino-alcohol motifs (C(OH)–C–C–N with tert-alkyl or cyclic N) is 2. The summed E-state index contributed by atoms with van der Waals surface area (Å²) in [5.41, 5.74) is 1.75. The van der Waals surface area contributed by atoms with Crippen LogP contribution in [0.3, 0.4) is 0 Å². The third kappa shape index (κ3) is 13.3.